The summed E-state index contributed by atoms with van der Waals surface area (Å²) in [4.78, 5) is 15.7. The number of ether oxygens (including phenoxy) is 2. The number of carbonyl (C=O) groups excluding carboxylic acids is 1. The van der Waals surface area contributed by atoms with Gasteiger partial charge in [0.15, 0.2) is 0 Å². The summed E-state index contributed by atoms with van der Waals surface area (Å²) in [5.41, 5.74) is 2.04. The molecule has 1 N–H and O–H groups in total. The molecule has 6 heteroatoms. The maximum Gasteiger partial charge on any atom is 0.407 e. The van der Waals surface area contributed by atoms with Crippen molar-refractivity contribution >= 4 is 22.0 Å². The first-order chi connectivity index (χ1) is 10.1. The molecule has 0 radical (unpaired) electrons. The summed E-state index contributed by atoms with van der Waals surface area (Å²) in [5, 5.41) is 2.71. The highest BCUT2D eigenvalue weighted by Crippen LogP contribution is 2.26. The van der Waals surface area contributed by atoms with E-state index in [9.17, 15) is 4.79 Å². The Bertz CT molecular complexity index is 478. The van der Waals surface area contributed by atoms with E-state index in [4.69, 9.17) is 9.47 Å². The lowest BCUT2D eigenvalue weighted by Gasteiger charge is -2.24. The van der Waals surface area contributed by atoms with Crippen molar-refractivity contribution in [2.24, 2.45) is 5.92 Å². The first-order valence-corrected chi connectivity index (χ1v) is 8.04. The minimum absolute atomic E-state index is 0.288. The highest BCUT2D eigenvalue weighted by molar-refractivity contribution is 9.10. The maximum atomic E-state index is 11.5. The van der Waals surface area contributed by atoms with Crippen molar-refractivity contribution in [2.75, 3.05) is 19.8 Å². The molecule has 21 heavy (non-hydrogen) atoms. The lowest BCUT2D eigenvalue weighted by atomic mass is 9.86. The van der Waals surface area contributed by atoms with E-state index in [-0.39, 0.29) is 6.61 Å². The second-order valence-electron chi connectivity index (χ2n) is 5.29. The molecule has 1 aliphatic rings. The van der Waals surface area contributed by atoms with Gasteiger partial charge in [-0.05, 0) is 58.8 Å². The van der Waals surface area contributed by atoms with Gasteiger partial charge in [-0.1, -0.05) is 6.42 Å². The number of nitrogens with zero attached hydrogens (tertiary/aromatic N) is 1. The van der Waals surface area contributed by atoms with Crippen LogP contribution in [0.2, 0.25) is 0 Å². The molecule has 1 amide bonds. The first-order valence-electron chi connectivity index (χ1n) is 7.24. The number of pyridine rings is 1. The molecule has 1 fully saturated rings. The van der Waals surface area contributed by atoms with E-state index >= 15 is 0 Å². The fourth-order valence-electron chi connectivity index (χ4n) is 2.06. The number of aromatic nitrogens is 1. The van der Waals surface area contributed by atoms with Crippen LogP contribution in [-0.2, 0) is 16.0 Å². The van der Waals surface area contributed by atoms with Crippen LogP contribution in [0.15, 0.2) is 16.9 Å². The van der Waals surface area contributed by atoms with E-state index in [1.165, 1.54) is 19.3 Å². The molecule has 0 spiro atoms. The maximum absolute atomic E-state index is 11.5. The quantitative estimate of drug-likeness (QED) is 0.601. The van der Waals surface area contributed by atoms with E-state index in [1.54, 1.807) is 6.20 Å². The third-order valence-corrected chi connectivity index (χ3v) is 4.08. The second kappa shape index (κ2) is 8.34. The predicted octanol–water partition coefficient (Wildman–Crippen LogP) is 3.20. The van der Waals surface area contributed by atoms with Crippen LogP contribution in [-0.4, -0.2) is 30.9 Å². The molecular formula is C15H21BrN2O3. The summed E-state index contributed by atoms with van der Waals surface area (Å²) < 4.78 is 11.3. The smallest absolute Gasteiger partial charge is 0.407 e. The van der Waals surface area contributed by atoms with Crippen LogP contribution in [0.1, 0.15) is 30.4 Å². The molecule has 0 aliphatic heterocycles. The Kier molecular flexibility index (Phi) is 6.45. The second-order valence-corrected chi connectivity index (χ2v) is 6.11. The Hall–Kier alpha value is -1.14. The first kappa shape index (κ1) is 16.2. The normalized spacial score (nSPS) is 14.6. The molecule has 5 nitrogen and oxygen atoms in total. The molecule has 0 saturated heterocycles. The minimum atomic E-state index is -0.426. The molecule has 1 aromatic heterocycles. The van der Waals surface area contributed by atoms with Gasteiger partial charge in [0.2, 0.25) is 0 Å². The molecule has 1 aliphatic carbocycles. The third kappa shape index (κ3) is 5.63. The van der Waals surface area contributed by atoms with E-state index in [0.717, 1.165) is 22.3 Å². The number of nitrogens with one attached hydrogen (secondary N) is 1. The molecule has 116 valence electrons. The summed E-state index contributed by atoms with van der Waals surface area (Å²) in [6.45, 7) is 3.92. The Labute approximate surface area is 133 Å². The number of halogens is 1. The van der Waals surface area contributed by atoms with E-state index < -0.39 is 6.09 Å². The van der Waals surface area contributed by atoms with Gasteiger partial charge in [-0.25, -0.2) is 9.78 Å². The van der Waals surface area contributed by atoms with Gasteiger partial charge < -0.3 is 14.8 Å². The van der Waals surface area contributed by atoms with Crippen LogP contribution in [0.4, 0.5) is 4.79 Å². The molecule has 0 unspecified atom stereocenters. The van der Waals surface area contributed by atoms with Crippen molar-refractivity contribution in [3.63, 3.8) is 0 Å². The van der Waals surface area contributed by atoms with E-state index in [2.05, 4.69) is 26.2 Å². The van der Waals surface area contributed by atoms with Crippen LogP contribution < -0.4 is 5.32 Å². The summed E-state index contributed by atoms with van der Waals surface area (Å²) in [7, 11) is 0. The molecule has 1 aromatic rings. The highest BCUT2D eigenvalue weighted by Gasteiger charge is 2.17. The average molecular weight is 357 g/mol. The summed E-state index contributed by atoms with van der Waals surface area (Å²) in [5.74, 6) is 0.715. The lowest BCUT2D eigenvalue weighted by molar-refractivity contribution is 0.0384. The number of aryl methyl sites for hydroxylation is 1. The summed E-state index contributed by atoms with van der Waals surface area (Å²) >= 11 is 3.31. The minimum Gasteiger partial charge on any atom is -0.447 e. The molecule has 0 bridgehead atoms. The predicted molar refractivity (Wildman–Crippen MR) is 83.0 cm³/mol. The van der Waals surface area contributed by atoms with Crippen LogP contribution >= 0.6 is 15.9 Å². The van der Waals surface area contributed by atoms with Crippen LogP contribution in [0, 0.1) is 12.8 Å². The number of rotatable bonds is 7. The van der Waals surface area contributed by atoms with Gasteiger partial charge in [0.05, 0.1) is 6.61 Å². The molecule has 1 saturated carbocycles. The van der Waals surface area contributed by atoms with Gasteiger partial charge in [0.1, 0.15) is 11.2 Å². The number of hydrogen-bond acceptors (Lipinski definition) is 4. The van der Waals surface area contributed by atoms with Crippen molar-refractivity contribution in [1.29, 1.82) is 0 Å². The Morgan fingerprint density at radius 1 is 1.48 bits per heavy atom. The molecule has 0 aromatic carbocycles. The fraction of sp³-hybridized carbons (Fsp3) is 0.600. The van der Waals surface area contributed by atoms with E-state index in [1.807, 2.05) is 13.0 Å². The van der Waals surface area contributed by atoms with Crippen molar-refractivity contribution in [2.45, 2.75) is 32.7 Å². The molecule has 1 heterocycles. The largest absolute Gasteiger partial charge is 0.447 e. The standard InChI is InChI=1S/C15H21BrN2O3/c1-11-7-14(16)17-8-13(11)9-18-15(19)21-6-5-20-10-12-3-2-4-12/h7-8,12H,2-6,9-10H2,1H3,(H,18,19). The average Bonchev–Trinajstić information content (AvgIpc) is 2.39. The zero-order valence-corrected chi connectivity index (χ0v) is 13.8. The Morgan fingerprint density at radius 2 is 2.29 bits per heavy atom. The molecule has 0 atom stereocenters. The van der Waals surface area contributed by atoms with E-state index in [0.29, 0.717) is 19.1 Å². The van der Waals surface area contributed by atoms with Gasteiger partial charge >= 0.3 is 6.09 Å². The SMILES string of the molecule is Cc1cc(Br)ncc1CNC(=O)OCCOCC1CCC1. The summed E-state index contributed by atoms with van der Waals surface area (Å²) in [6.07, 6.45) is 5.16. The fourth-order valence-corrected chi connectivity index (χ4v) is 2.50. The van der Waals surface area contributed by atoms with Crippen molar-refractivity contribution in [1.82, 2.24) is 10.3 Å². The van der Waals surface area contributed by atoms with Crippen molar-refractivity contribution in [3.05, 3.63) is 28.0 Å². The monoisotopic (exact) mass is 356 g/mol. The number of hydrogen-bond donors (Lipinski definition) is 1. The highest BCUT2D eigenvalue weighted by atomic mass is 79.9. The Morgan fingerprint density at radius 3 is 2.95 bits per heavy atom. The van der Waals surface area contributed by atoms with Gasteiger partial charge in [-0.3, -0.25) is 0 Å². The number of alkyl carbamates (subject to hydrolysis) is 1. The zero-order valence-electron chi connectivity index (χ0n) is 12.2. The van der Waals surface area contributed by atoms with Crippen molar-refractivity contribution < 1.29 is 14.3 Å². The van der Waals surface area contributed by atoms with Crippen molar-refractivity contribution in [3.8, 4) is 0 Å². The van der Waals surface area contributed by atoms with Crippen LogP contribution in [0.5, 0.6) is 0 Å². The third-order valence-electron chi connectivity index (χ3n) is 3.65. The van der Waals surface area contributed by atoms with Gasteiger partial charge in [0.25, 0.3) is 0 Å². The number of carbonyl (C=O) groups is 1. The van der Waals surface area contributed by atoms with Gasteiger partial charge in [-0.2, -0.15) is 0 Å². The molecular weight excluding hydrogens is 336 g/mol. The lowest BCUT2D eigenvalue weighted by Crippen LogP contribution is -2.26. The van der Waals surface area contributed by atoms with Crippen LogP contribution in [0.3, 0.4) is 0 Å². The number of amides is 1. The molecule has 2 rings (SSSR count). The zero-order chi connectivity index (χ0) is 15.1. The van der Waals surface area contributed by atoms with Crippen LogP contribution in [0.25, 0.3) is 0 Å². The van der Waals surface area contributed by atoms with Gasteiger partial charge in [-0.15, -0.1) is 0 Å². The summed E-state index contributed by atoms with van der Waals surface area (Å²) in [6, 6.07) is 1.91. The Balaban J connectivity index is 1.56. The topological polar surface area (TPSA) is 60.5 Å². The van der Waals surface area contributed by atoms with Gasteiger partial charge in [0, 0.05) is 19.3 Å².